The molecule has 0 fully saturated rings. The van der Waals surface area contributed by atoms with E-state index in [0.717, 1.165) is 19.4 Å². The van der Waals surface area contributed by atoms with E-state index >= 15 is 0 Å². The summed E-state index contributed by atoms with van der Waals surface area (Å²) in [6.45, 7) is 7.45. The van der Waals surface area contributed by atoms with Gasteiger partial charge in [-0.15, -0.1) is 0 Å². The van der Waals surface area contributed by atoms with Gasteiger partial charge in [0.1, 0.15) is 0 Å². The number of rotatable bonds is 8. The van der Waals surface area contributed by atoms with Crippen molar-refractivity contribution in [2.24, 2.45) is 0 Å². The number of ether oxygens (including phenoxy) is 1. The molecular weight excluding hydrogens is 208 g/mol. The highest BCUT2D eigenvalue weighted by molar-refractivity contribution is 5.23. The van der Waals surface area contributed by atoms with Gasteiger partial charge in [0.05, 0.1) is 6.10 Å². The number of aryl methyl sites for hydroxylation is 1. The molecule has 0 aliphatic rings. The summed E-state index contributed by atoms with van der Waals surface area (Å²) in [5.41, 5.74) is 2.65. The zero-order valence-electron chi connectivity index (χ0n) is 11.5. The van der Waals surface area contributed by atoms with Crippen LogP contribution in [0.4, 0.5) is 0 Å². The van der Waals surface area contributed by atoms with Gasteiger partial charge >= 0.3 is 0 Å². The van der Waals surface area contributed by atoms with Crippen LogP contribution in [-0.2, 0) is 4.74 Å². The van der Waals surface area contributed by atoms with Crippen LogP contribution in [-0.4, -0.2) is 6.61 Å². The van der Waals surface area contributed by atoms with Crippen molar-refractivity contribution < 1.29 is 4.74 Å². The van der Waals surface area contributed by atoms with Crippen LogP contribution in [0.25, 0.3) is 0 Å². The van der Waals surface area contributed by atoms with Gasteiger partial charge in [-0.2, -0.15) is 0 Å². The van der Waals surface area contributed by atoms with Crippen molar-refractivity contribution in [2.75, 3.05) is 6.61 Å². The molecule has 0 aromatic heterocycles. The van der Waals surface area contributed by atoms with Crippen LogP contribution in [0.1, 0.15) is 63.2 Å². The first-order chi connectivity index (χ1) is 8.27. The second-order valence-electron chi connectivity index (χ2n) is 4.77. The first kappa shape index (κ1) is 14.2. The highest BCUT2D eigenvalue weighted by Crippen LogP contribution is 2.24. The molecule has 0 amide bonds. The third-order valence-corrected chi connectivity index (χ3v) is 3.09. The zero-order chi connectivity index (χ0) is 12.5. The molecule has 1 rings (SSSR count). The second-order valence-corrected chi connectivity index (χ2v) is 4.77. The summed E-state index contributed by atoms with van der Waals surface area (Å²) in [7, 11) is 0. The molecule has 0 N–H and O–H groups in total. The van der Waals surface area contributed by atoms with Crippen molar-refractivity contribution in [1.82, 2.24) is 0 Å². The smallest absolute Gasteiger partial charge is 0.0824 e. The Labute approximate surface area is 106 Å². The maximum absolute atomic E-state index is 6.01. The minimum Gasteiger partial charge on any atom is -0.374 e. The summed E-state index contributed by atoms with van der Waals surface area (Å²) < 4.78 is 6.01. The maximum atomic E-state index is 6.01. The Kier molecular flexibility index (Phi) is 6.95. The minimum absolute atomic E-state index is 0.294. The third kappa shape index (κ3) is 5.36. The van der Waals surface area contributed by atoms with E-state index in [2.05, 4.69) is 45.0 Å². The van der Waals surface area contributed by atoms with Crippen molar-refractivity contribution in [3.8, 4) is 0 Å². The van der Waals surface area contributed by atoms with Gasteiger partial charge in [0.2, 0.25) is 0 Å². The molecule has 0 heterocycles. The molecular formula is C16H26O. The zero-order valence-corrected chi connectivity index (χ0v) is 11.5. The molecule has 1 nitrogen and oxygen atoms in total. The summed E-state index contributed by atoms with van der Waals surface area (Å²) in [6.07, 6.45) is 6.28. The Hall–Kier alpha value is -0.820. The van der Waals surface area contributed by atoms with Crippen LogP contribution >= 0.6 is 0 Å². The van der Waals surface area contributed by atoms with E-state index < -0.39 is 0 Å². The minimum atomic E-state index is 0.294. The summed E-state index contributed by atoms with van der Waals surface area (Å²) in [5.74, 6) is 0. The normalized spacial score (nSPS) is 12.6. The average molecular weight is 234 g/mol. The van der Waals surface area contributed by atoms with E-state index in [9.17, 15) is 0 Å². The Balaban J connectivity index is 2.57. The lowest BCUT2D eigenvalue weighted by atomic mass is 10.0. The molecule has 1 aromatic rings. The van der Waals surface area contributed by atoms with Crippen molar-refractivity contribution in [3.05, 3.63) is 35.4 Å². The van der Waals surface area contributed by atoms with Gasteiger partial charge < -0.3 is 4.74 Å². The SMILES string of the molecule is CCCCOC(CCCC)c1ccc(C)cc1. The van der Waals surface area contributed by atoms with Crippen LogP contribution in [0.15, 0.2) is 24.3 Å². The molecule has 0 aliphatic heterocycles. The number of unbranched alkanes of at least 4 members (excludes halogenated alkanes) is 2. The van der Waals surface area contributed by atoms with Gasteiger partial charge in [-0.05, 0) is 25.3 Å². The fourth-order valence-electron chi connectivity index (χ4n) is 1.89. The number of benzene rings is 1. The maximum Gasteiger partial charge on any atom is 0.0824 e. The molecule has 1 aromatic carbocycles. The van der Waals surface area contributed by atoms with E-state index in [-0.39, 0.29) is 0 Å². The number of hydrogen-bond acceptors (Lipinski definition) is 1. The highest BCUT2D eigenvalue weighted by atomic mass is 16.5. The third-order valence-electron chi connectivity index (χ3n) is 3.09. The largest absolute Gasteiger partial charge is 0.374 e. The molecule has 1 heteroatoms. The molecule has 0 saturated heterocycles. The van der Waals surface area contributed by atoms with Crippen LogP contribution in [0.2, 0.25) is 0 Å². The summed E-state index contributed by atoms with van der Waals surface area (Å²) >= 11 is 0. The molecule has 0 saturated carbocycles. The Bertz CT molecular complexity index is 289. The quantitative estimate of drug-likeness (QED) is 0.572. The van der Waals surface area contributed by atoms with E-state index in [4.69, 9.17) is 4.74 Å². The first-order valence-electron chi connectivity index (χ1n) is 6.96. The predicted molar refractivity (Wildman–Crippen MR) is 74.3 cm³/mol. The summed E-state index contributed by atoms with van der Waals surface area (Å²) in [4.78, 5) is 0. The Morgan fingerprint density at radius 1 is 1.00 bits per heavy atom. The molecule has 1 unspecified atom stereocenters. The van der Waals surface area contributed by atoms with Gasteiger partial charge in [-0.1, -0.05) is 62.9 Å². The number of hydrogen-bond donors (Lipinski definition) is 0. The van der Waals surface area contributed by atoms with E-state index in [0.29, 0.717) is 6.10 Å². The van der Waals surface area contributed by atoms with Gasteiger partial charge in [-0.25, -0.2) is 0 Å². The Morgan fingerprint density at radius 3 is 2.24 bits per heavy atom. The van der Waals surface area contributed by atoms with Crippen molar-refractivity contribution >= 4 is 0 Å². The van der Waals surface area contributed by atoms with Crippen LogP contribution < -0.4 is 0 Å². The van der Waals surface area contributed by atoms with Crippen molar-refractivity contribution in [3.63, 3.8) is 0 Å². The fraction of sp³-hybridized carbons (Fsp3) is 0.625. The molecule has 1 atom stereocenters. The average Bonchev–Trinajstić information content (AvgIpc) is 2.35. The first-order valence-corrected chi connectivity index (χ1v) is 6.96. The molecule has 0 radical (unpaired) electrons. The van der Waals surface area contributed by atoms with Crippen LogP contribution in [0, 0.1) is 6.92 Å². The van der Waals surface area contributed by atoms with Crippen LogP contribution in [0.5, 0.6) is 0 Å². The van der Waals surface area contributed by atoms with Crippen molar-refractivity contribution in [2.45, 2.75) is 59.0 Å². The van der Waals surface area contributed by atoms with Crippen LogP contribution in [0.3, 0.4) is 0 Å². The highest BCUT2D eigenvalue weighted by Gasteiger charge is 2.10. The van der Waals surface area contributed by atoms with E-state index in [1.807, 2.05) is 0 Å². The topological polar surface area (TPSA) is 9.23 Å². The molecule has 0 bridgehead atoms. The predicted octanol–water partition coefficient (Wildman–Crippen LogP) is 5.04. The molecule has 17 heavy (non-hydrogen) atoms. The molecule has 0 spiro atoms. The molecule has 96 valence electrons. The lowest BCUT2D eigenvalue weighted by Gasteiger charge is -2.18. The summed E-state index contributed by atoms with van der Waals surface area (Å²) in [5, 5.41) is 0. The van der Waals surface area contributed by atoms with Gasteiger partial charge in [0.25, 0.3) is 0 Å². The van der Waals surface area contributed by atoms with E-state index in [1.165, 1.54) is 30.4 Å². The lowest BCUT2D eigenvalue weighted by molar-refractivity contribution is 0.0432. The fourth-order valence-corrected chi connectivity index (χ4v) is 1.89. The van der Waals surface area contributed by atoms with E-state index in [1.54, 1.807) is 0 Å². The van der Waals surface area contributed by atoms with Gasteiger partial charge in [-0.3, -0.25) is 0 Å². The lowest BCUT2D eigenvalue weighted by Crippen LogP contribution is -2.06. The monoisotopic (exact) mass is 234 g/mol. The van der Waals surface area contributed by atoms with Gasteiger partial charge in [0, 0.05) is 6.61 Å². The second kappa shape index (κ2) is 8.30. The molecule has 0 aliphatic carbocycles. The summed E-state index contributed by atoms with van der Waals surface area (Å²) in [6, 6.07) is 8.78. The standard InChI is InChI=1S/C16H26O/c1-4-6-8-16(17-13-7-5-2)15-11-9-14(3)10-12-15/h9-12,16H,4-8,13H2,1-3H3. The van der Waals surface area contributed by atoms with Crippen molar-refractivity contribution in [1.29, 1.82) is 0 Å². The van der Waals surface area contributed by atoms with Gasteiger partial charge in [0.15, 0.2) is 0 Å². The Morgan fingerprint density at radius 2 is 1.65 bits per heavy atom.